The predicted octanol–water partition coefficient (Wildman–Crippen LogP) is 2.63. The minimum atomic E-state index is -0.720. The monoisotopic (exact) mass is 294 g/mol. The van der Waals surface area contributed by atoms with E-state index in [2.05, 4.69) is 39.2 Å². The summed E-state index contributed by atoms with van der Waals surface area (Å²) in [5, 5.41) is 5.72. The number of hydrazone groups is 1. The van der Waals surface area contributed by atoms with Crippen molar-refractivity contribution in [2.45, 2.75) is 25.1 Å². The molecule has 17 heavy (non-hydrogen) atoms. The fraction of sp³-hybridized carbons (Fsp3) is 0.385. The number of alkyl halides is 1. The van der Waals surface area contributed by atoms with Gasteiger partial charge in [-0.3, -0.25) is 4.79 Å². The molecular formula is C13H15BrN2O. The predicted molar refractivity (Wildman–Crippen MR) is 72.6 cm³/mol. The third kappa shape index (κ3) is 2.02. The number of hydrogen-bond donors (Lipinski definition) is 0. The summed E-state index contributed by atoms with van der Waals surface area (Å²) in [4.78, 5) is 11.9. The van der Waals surface area contributed by atoms with E-state index in [0.717, 1.165) is 11.3 Å². The van der Waals surface area contributed by atoms with Crippen LogP contribution in [0.2, 0.25) is 0 Å². The molecule has 1 unspecified atom stereocenters. The van der Waals surface area contributed by atoms with Crippen molar-refractivity contribution in [3.8, 4) is 0 Å². The first-order chi connectivity index (χ1) is 7.82. The van der Waals surface area contributed by atoms with Crippen molar-refractivity contribution < 1.29 is 4.79 Å². The Balaban J connectivity index is 2.54. The lowest BCUT2D eigenvalue weighted by atomic mass is 9.96. The number of amides is 1. The number of aryl methyl sites for hydroxylation is 2. The van der Waals surface area contributed by atoms with E-state index in [1.54, 1.807) is 7.05 Å². The Morgan fingerprint density at radius 2 is 1.76 bits per heavy atom. The van der Waals surface area contributed by atoms with E-state index >= 15 is 0 Å². The molecule has 0 N–H and O–H groups in total. The van der Waals surface area contributed by atoms with Gasteiger partial charge in [0, 0.05) is 12.6 Å². The molecule has 0 radical (unpaired) electrons. The van der Waals surface area contributed by atoms with Gasteiger partial charge >= 0.3 is 0 Å². The van der Waals surface area contributed by atoms with Crippen LogP contribution in [0.5, 0.6) is 0 Å². The molecule has 0 saturated heterocycles. The molecule has 1 aromatic carbocycles. The van der Waals surface area contributed by atoms with Gasteiger partial charge in [-0.2, -0.15) is 5.10 Å². The lowest BCUT2D eigenvalue weighted by molar-refractivity contribution is -0.128. The number of nitrogens with zero attached hydrogens (tertiary/aromatic N) is 2. The highest BCUT2D eigenvalue weighted by atomic mass is 79.9. The molecule has 1 amide bonds. The molecule has 1 atom stereocenters. The van der Waals surface area contributed by atoms with E-state index in [-0.39, 0.29) is 5.91 Å². The Morgan fingerprint density at radius 3 is 2.18 bits per heavy atom. The summed E-state index contributed by atoms with van der Waals surface area (Å²) in [7, 11) is 1.68. The quantitative estimate of drug-likeness (QED) is 0.733. The number of carbonyl (C=O) groups excluding carboxylic acids is 1. The first-order valence-corrected chi connectivity index (χ1v) is 6.26. The van der Waals surface area contributed by atoms with Gasteiger partial charge in [0.2, 0.25) is 0 Å². The van der Waals surface area contributed by atoms with Crippen LogP contribution in [0.4, 0.5) is 0 Å². The van der Waals surface area contributed by atoms with E-state index in [9.17, 15) is 4.79 Å². The maximum atomic E-state index is 11.9. The van der Waals surface area contributed by atoms with Gasteiger partial charge in [-0.05, 0) is 20.8 Å². The van der Waals surface area contributed by atoms with Gasteiger partial charge in [0.05, 0.1) is 5.71 Å². The molecule has 1 aromatic rings. The molecule has 2 rings (SSSR count). The summed E-state index contributed by atoms with van der Waals surface area (Å²) in [6, 6.07) is 6.21. The zero-order valence-corrected chi connectivity index (χ0v) is 12.0. The van der Waals surface area contributed by atoms with Crippen LogP contribution in [0.25, 0.3) is 0 Å². The molecular weight excluding hydrogens is 280 g/mol. The van der Waals surface area contributed by atoms with Crippen LogP contribution in [0, 0.1) is 13.8 Å². The van der Waals surface area contributed by atoms with Crippen molar-refractivity contribution in [3.63, 3.8) is 0 Å². The van der Waals surface area contributed by atoms with Gasteiger partial charge in [0.25, 0.3) is 5.91 Å². The third-order valence-electron chi connectivity index (χ3n) is 2.89. The largest absolute Gasteiger partial charge is 0.271 e. The number of halogens is 1. The van der Waals surface area contributed by atoms with Crippen molar-refractivity contribution in [1.82, 2.24) is 5.01 Å². The minimum absolute atomic E-state index is 0.0355. The fourth-order valence-electron chi connectivity index (χ4n) is 2.13. The molecule has 0 bridgehead atoms. The summed E-state index contributed by atoms with van der Waals surface area (Å²) >= 11 is 3.48. The SMILES string of the molecule is Cc1cc(C)cc(C2=NN(C)C(=O)C2(C)Br)c1. The molecule has 1 aliphatic rings. The second-order valence-corrected chi connectivity index (χ2v) is 6.24. The molecule has 1 aliphatic heterocycles. The minimum Gasteiger partial charge on any atom is -0.271 e. The Morgan fingerprint density at radius 1 is 1.24 bits per heavy atom. The Hall–Kier alpha value is -1.16. The van der Waals surface area contributed by atoms with Gasteiger partial charge in [0.15, 0.2) is 0 Å². The van der Waals surface area contributed by atoms with Crippen molar-refractivity contribution >= 4 is 27.5 Å². The first-order valence-electron chi connectivity index (χ1n) is 5.47. The molecule has 90 valence electrons. The van der Waals surface area contributed by atoms with Gasteiger partial charge in [-0.1, -0.05) is 45.3 Å². The van der Waals surface area contributed by atoms with E-state index in [1.807, 2.05) is 20.8 Å². The number of carbonyl (C=O) groups is 1. The van der Waals surface area contributed by atoms with Crippen molar-refractivity contribution in [1.29, 1.82) is 0 Å². The molecule has 0 spiro atoms. The summed E-state index contributed by atoms with van der Waals surface area (Å²) in [5.41, 5.74) is 4.12. The summed E-state index contributed by atoms with van der Waals surface area (Å²) in [6.07, 6.45) is 0. The Kier molecular flexibility index (Phi) is 2.86. The van der Waals surface area contributed by atoms with E-state index < -0.39 is 4.32 Å². The highest BCUT2D eigenvalue weighted by molar-refractivity contribution is 9.10. The topological polar surface area (TPSA) is 32.7 Å². The Bertz CT molecular complexity index is 500. The van der Waals surface area contributed by atoms with E-state index in [0.29, 0.717) is 0 Å². The molecule has 4 heteroatoms. The average Bonchev–Trinajstić information content (AvgIpc) is 2.40. The lowest BCUT2D eigenvalue weighted by Gasteiger charge is -2.16. The van der Waals surface area contributed by atoms with Crippen LogP contribution >= 0.6 is 15.9 Å². The van der Waals surface area contributed by atoms with Gasteiger partial charge < -0.3 is 0 Å². The number of rotatable bonds is 1. The zero-order chi connectivity index (χ0) is 12.8. The van der Waals surface area contributed by atoms with E-state index in [1.165, 1.54) is 16.1 Å². The molecule has 0 aromatic heterocycles. The second-order valence-electron chi connectivity index (χ2n) is 4.66. The van der Waals surface area contributed by atoms with Crippen LogP contribution in [-0.4, -0.2) is 28.0 Å². The van der Waals surface area contributed by atoms with Crippen molar-refractivity contribution in [3.05, 3.63) is 34.9 Å². The Labute approximate surface area is 110 Å². The summed E-state index contributed by atoms with van der Waals surface area (Å²) in [5.74, 6) is -0.0355. The first kappa shape index (κ1) is 12.3. The number of benzene rings is 1. The van der Waals surface area contributed by atoms with Crippen LogP contribution in [0.15, 0.2) is 23.3 Å². The third-order valence-corrected chi connectivity index (χ3v) is 3.60. The molecule has 0 fully saturated rings. The van der Waals surface area contributed by atoms with Crippen molar-refractivity contribution in [2.24, 2.45) is 5.10 Å². The van der Waals surface area contributed by atoms with Crippen LogP contribution in [-0.2, 0) is 4.79 Å². The standard InChI is InChI=1S/C13H15BrN2O/c1-8-5-9(2)7-10(6-8)11-13(3,14)12(17)16(4)15-11/h5-7H,1-4H3. The van der Waals surface area contributed by atoms with Crippen LogP contribution in [0.3, 0.4) is 0 Å². The average molecular weight is 295 g/mol. The molecule has 0 saturated carbocycles. The molecule has 0 aliphatic carbocycles. The zero-order valence-electron chi connectivity index (χ0n) is 10.4. The number of hydrogen-bond acceptors (Lipinski definition) is 2. The highest BCUT2D eigenvalue weighted by Crippen LogP contribution is 2.32. The molecule has 1 heterocycles. The van der Waals surface area contributed by atoms with Crippen LogP contribution in [0.1, 0.15) is 23.6 Å². The normalized spacial score (nSPS) is 24.2. The smallest absolute Gasteiger partial charge is 0.265 e. The van der Waals surface area contributed by atoms with Gasteiger partial charge in [-0.25, -0.2) is 5.01 Å². The highest BCUT2D eigenvalue weighted by Gasteiger charge is 2.44. The lowest BCUT2D eigenvalue weighted by Crippen LogP contribution is -2.37. The molecule has 3 nitrogen and oxygen atoms in total. The van der Waals surface area contributed by atoms with Crippen molar-refractivity contribution in [2.75, 3.05) is 7.05 Å². The maximum Gasteiger partial charge on any atom is 0.265 e. The maximum absolute atomic E-state index is 11.9. The van der Waals surface area contributed by atoms with Gasteiger partial charge in [-0.15, -0.1) is 0 Å². The van der Waals surface area contributed by atoms with E-state index in [4.69, 9.17) is 0 Å². The van der Waals surface area contributed by atoms with Gasteiger partial charge in [0.1, 0.15) is 4.32 Å². The second kappa shape index (κ2) is 3.95. The summed E-state index contributed by atoms with van der Waals surface area (Å²) < 4.78 is -0.720. The van der Waals surface area contributed by atoms with Crippen LogP contribution < -0.4 is 0 Å². The summed E-state index contributed by atoms with van der Waals surface area (Å²) in [6.45, 7) is 5.93. The fourth-order valence-corrected chi connectivity index (χ4v) is 2.70.